The van der Waals surface area contributed by atoms with E-state index in [1.165, 1.54) is 0 Å². The summed E-state index contributed by atoms with van der Waals surface area (Å²) in [5.41, 5.74) is 0.953. The average Bonchev–Trinajstić information content (AvgIpc) is 2.39. The zero-order valence-electron chi connectivity index (χ0n) is 10.8. The number of hydrogen-bond donors (Lipinski definition) is 3. The second-order valence-electron chi connectivity index (χ2n) is 3.94. The SMILES string of the molecule is CNCC(=O)NC(CCO)c1ccc(OC)cc1. The molecule has 0 aromatic heterocycles. The summed E-state index contributed by atoms with van der Waals surface area (Å²) in [5, 5.41) is 14.7. The molecule has 1 aromatic carbocycles. The topological polar surface area (TPSA) is 70.6 Å². The largest absolute Gasteiger partial charge is 0.497 e. The van der Waals surface area contributed by atoms with Gasteiger partial charge in [0.2, 0.25) is 5.91 Å². The number of carbonyl (C=O) groups is 1. The van der Waals surface area contributed by atoms with Gasteiger partial charge < -0.3 is 20.5 Å². The Morgan fingerprint density at radius 2 is 2.06 bits per heavy atom. The molecule has 0 aliphatic carbocycles. The van der Waals surface area contributed by atoms with Crippen LogP contribution in [0.1, 0.15) is 18.0 Å². The van der Waals surface area contributed by atoms with Crippen LogP contribution in [0.4, 0.5) is 0 Å². The summed E-state index contributed by atoms with van der Waals surface area (Å²) < 4.78 is 5.08. The number of aliphatic hydroxyl groups is 1. The molecule has 18 heavy (non-hydrogen) atoms. The quantitative estimate of drug-likeness (QED) is 0.659. The number of methoxy groups -OCH3 is 1. The molecule has 5 heteroatoms. The maximum absolute atomic E-state index is 11.5. The Kier molecular flexibility index (Phi) is 6.18. The highest BCUT2D eigenvalue weighted by atomic mass is 16.5. The van der Waals surface area contributed by atoms with Gasteiger partial charge in [0.05, 0.1) is 19.7 Å². The van der Waals surface area contributed by atoms with Gasteiger partial charge >= 0.3 is 0 Å². The van der Waals surface area contributed by atoms with Crippen LogP contribution < -0.4 is 15.4 Å². The first-order chi connectivity index (χ1) is 8.71. The minimum Gasteiger partial charge on any atom is -0.497 e. The van der Waals surface area contributed by atoms with E-state index in [0.717, 1.165) is 11.3 Å². The molecule has 0 saturated carbocycles. The second-order valence-corrected chi connectivity index (χ2v) is 3.94. The van der Waals surface area contributed by atoms with E-state index in [4.69, 9.17) is 9.84 Å². The lowest BCUT2D eigenvalue weighted by atomic mass is 10.0. The lowest BCUT2D eigenvalue weighted by molar-refractivity contribution is -0.121. The molecule has 1 unspecified atom stereocenters. The van der Waals surface area contributed by atoms with Crippen LogP contribution in [0.5, 0.6) is 5.75 Å². The first-order valence-electron chi connectivity index (χ1n) is 5.90. The summed E-state index contributed by atoms with van der Waals surface area (Å²) in [6, 6.07) is 7.27. The van der Waals surface area contributed by atoms with E-state index in [9.17, 15) is 4.79 Å². The van der Waals surface area contributed by atoms with Crippen molar-refractivity contribution in [1.29, 1.82) is 0 Å². The number of nitrogens with one attached hydrogen (secondary N) is 2. The molecule has 0 radical (unpaired) electrons. The molecule has 0 aliphatic rings. The Morgan fingerprint density at radius 3 is 2.56 bits per heavy atom. The number of carbonyl (C=O) groups excluding carboxylic acids is 1. The van der Waals surface area contributed by atoms with Crippen molar-refractivity contribution < 1.29 is 14.6 Å². The van der Waals surface area contributed by atoms with E-state index < -0.39 is 0 Å². The molecule has 1 aromatic rings. The van der Waals surface area contributed by atoms with Crippen molar-refractivity contribution in [2.24, 2.45) is 0 Å². The van der Waals surface area contributed by atoms with E-state index in [0.29, 0.717) is 6.42 Å². The Balaban J connectivity index is 2.72. The van der Waals surface area contributed by atoms with Crippen LogP contribution in [0, 0.1) is 0 Å². The molecule has 0 saturated heterocycles. The summed E-state index contributed by atoms with van der Waals surface area (Å²) in [5.74, 6) is 0.676. The van der Waals surface area contributed by atoms with Crippen molar-refractivity contribution in [2.75, 3.05) is 27.3 Å². The Labute approximate surface area is 107 Å². The van der Waals surface area contributed by atoms with Crippen LogP contribution in [-0.2, 0) is 4.79 Å². The van der Waals surface area contributed by atoms with Gasteiger partial charge in [0, 0.05) is 6.61 Å². The minimum atomic E-state index is -0.179. The molecular formula is C13H20N2O3. The number of ether oxygens (including phenoxy) is 1. The zero-order valence-corrected chi connectivity index (χ0v) is 10.8. The maximum atomic E-state index is 11.5. The Bertz CT molecular complexity index is 365. The van der Waals surface area contributed by atoms with Gasteiger partial charge in [-0.3, -0.25) is 4.79 Å². The molecule has 0 fully saturated rings. The van der Waals surface area contributed by atoms with Gasteiger partial charge in [-0.15, -0.1) is 0 Å². The van der Waals surface area contributed by atoms with Crippen molar-refractivity contribution in [3.63, 3.8) is 0 Å². The van der Waals surface area contributed by atoms with Gasteiger partial charge in [0.25, 0.3) is 0 Å². The van der Waals surface area contributed by atoms with E-state index in [1.54, 1.807) is 14.2 Å². The van der Waals surface area contributed by atoms with E-state index in [1.807, 2.05) is 24.3 Å². The third-order valence-corrected chi connectivity index (χ3v) is 2.61. The summed E-state index contributed by atoms with van der Waals surface area (Å²) >= 11 is 0. The molecule has 100 valence electrons. The van der Waals surface area contributed by atoms with Crippen molar-refractivity contribution >= 4 is 5.91 Å². The van der Waals surface area contributed by atoms with Gasteiger partial charge in [-0.05, 0) is 31.2 Å². The van der Waals surface area contributed by atoms with Crippen LogP contribution in [0.25, 0.3) is 0 Å². The molecule has 1 amide bonds. The number of aliphatic hydroxyl groups excluding tert-OH is 1. The summed E-state index contributed by atoms with van der Waals surface area (Å²) in [6.45, 7) is 0.286. The number of amides is 1. The summed E-state index contributed by atoms with van der Waals surface area (Å²) in [7, 11) is 3.32. The Hall–Kier alpha value is -1.59. The molecule has 0 spiro atoms. The van der Waals surface area contributed by atoms with Gasteiger partial charge in [-0.2, -0.15) is 0 Å². The normalized spacial score (nSPS) is 11.9. The zero-order chi connectivity index (χ0) is 13.4. The van der Waals surface area contributed by atoms with Crippen LogP contribution in [0.3, 0.4) is 0 Å². The highest BCUT2D eigenvalue weighted by Crippen LogP contribution is 2.19. The highest BCUT2D eigenvalue weighted by Gasteiger charge is 2.13. The first kappa shape index (κ1) is 14.5. The lowest BCUT2D eigenvalue weighted by Crippen LogP contribution is -2.35. The van der Waals surface area contributed by atoms with Gasteiger partial charge in [-0.1, -0.05) is 12.1 Å². The van der Waals surface area contributed by atoms with Crippen molar-refractivity contribution in [2.45, 2.75) is 12.5 Å². The van der Waals surface area contributed by atoms with Crippen LogP contribution in [0.15, 0.2) is 24.3 Å². The van der Waals surface area contributed by atoms with E-state index in [2.05, 4.69) is 10.6 Å². The third kappa shape index (κ3) is 4.35. The molecule has 0 aliphatic heterocycles. The highest BCUT2D eigenvalue weighted by molar-refractivity contribution is 5.78. The first-order valence-corrected chi connectivity index (χ1v) is 5.90. The number of hydrogen-bond acceptors (Lipinski definition) is 4. The fourth-order valence-corrected chi connectivity index (χ4v) is 1.69. The van der Waals surface area contributed by atoms with Gasteiger partial charge in [-0.25, -0.2) is 0 Å². The van der Waals surface area contributed by atoms with Crippen LogP contribution in [-0.4, -0.2) is 38.3 Å². The van der Waals surface area contributed by atoms with Crippen LogP contribution >= 0.6 is 0 Å². The smallest absolute Gasteiger partial charge is 0.234 e. The summed E-state index contributed by atoms with van der Waals surface area (Å²) in [4.78, 5) is 11.5. The number of benzene rings is 1. The molecular weight excluding hydrogens is 232 g/mol. The van der Waals surface area contributed by atoms with Crippen molar-refractivity contribution in [3.05, 3.63) is 29.8 Å². The van der Waals surface area contributed by atoms with Gasteiger partial charge in [0.15, 0.2) is 0 Å². The molecule has 1 atom stereocenters. The van der Waals surface area contributed by atoms with E-state index >= 15 is 0 Å². The lowest BCUT2D eigenvalue weighted by Gasteiger charge is -2.18. The summed E-state index contributed by atoms with van der Waals surface area (Å²) in [6.07, 6.45) is 0.488. The number of likely N-dealkylation sites (N-methyl/N-ethyl adjacent to an activating group) is 1. The fraction of sp³-hybridized carbons (Fsp3) is 0.462. The van der Waals surface area contributed by atoms with Crippen molar-refractivity contribution in [3.8, 4) is 5.75 Å². The Morgan fingerprint density at radius 1 is 1.39 bits per heavy atom. The fourth-order valence-electron chi connectivity index (χ4n) is 1.69. The third-order valence-electron chi connectivity index (χ3n) is 2.61. The second kappa shape index (κ2) is 7.68. The standard InChI is InChI=1S/C13H20N2O3/c1-14-9-13(17)15-12(7-8-16)10-3-5-11(18-2)6-4-10/h3-6,12,14,16H,7-9H2,1-2H3,(H,15,17). The molecule has 3 N–H and O–H groups in total. The minimum absolute atomic E-state index is 0.0243. The molecule has 5 nitrogen and oxygen atoms in total. The molecule has 1 rings (SSSR count). The number of rotatable bonds is 7. The molecule has 0 bridgehead atoms. The van der Waals surface area contributed by atoms with Crippen molar-refractivity contribution in [1.82, 2.24) is 10.6 Å². The van der Waals surface area contributed by atoms with Gasteiger partial charge in [0.1, 0.15) is 5.75 Å². The maximum Gasteiger partial charge on any atom is 0.234 e. The molecule has 0 heterocycles. The predicted molar refractivity (Wildman–Crippen MR) is 69.5 cm³/mol. The average molecular weight is 252 g/mol. The van der Waals surface area contributed by atoms with E-state index in [-0.39, 0.29) is 25.1 Å². The van der Waals surface area contributed by atoms with Crippen LogP contribution in [0.2, 0.25) is 0 Å². The monoisotopic (exact) mass is 252 g/mol. The predicted octanol–water partition coefficient (Wildman–Crippen LogP) is 0.454.